The summed E-state index contributed by atoms with van der Waals surface area (Å²) in [7, 11) is 0. The van der Waals surface area contributed by atoms with E-state index in [1.54, 1.807) is 42.5 Å². The molecule has 1 N–H and O–H groups in total. The minimum Gasteiger partial charge on any atom is -0.452 e. The molecular weight excluding hydrogens is 476 g/mol. The molecule has 3 nitrogen and oxygen atoms in total. The van der Waals surface area contributed by atoms with Crippen LogP contribution in [0, 0.1) is 0 Å². The van der Waals surface area contributed by atoms with Gasteiger partial charge in [-0.15, -0.1) is 0 Å². The van der Waals surface area contributed by atoms with Gasteiger partial charge in [-0.25, -0.2) is 0 Å². The van der Waals surface area contributed by atoms with Crippen LogP contribution in [0.5, 0.6) is 0 Å². The van der Waals surface area contributed by atoms with Crippen LogP contribution in [-0.4, -0.2) is 4.57 Å². The summed E-state index contributed by atoms with van der Waals surface area (Å²) < 4.78 is 117. The minimum atomic E-state index is -0.525. The topological polar surface area (TPSA) is 30.1 Å². The molecule has 2 heterocycles. The summed E-state index contributed by atoms with van der Waals surface area (Å²) in [5.41, 5.74) is 2.71. The number of aromatic nitrogens is 1. The first kappa shape index (κ1) is 12.5. The lowest BCUT2D eigenvalue weighted by Crippen LogP contribution is -1.93. The number of nitrogens with one attached hydrogen (secondary N) is 1. The molecule has 0 radical (unpaired) electrons. The molecule has 2 aromatic heterocycles. The molecule has 8 rings (SSSR count). The number of hydrogen-bond donors (Lipinski definition) is 1. The second-order valence-electron chi connectivity index (χ2n) is 8.92. The monoisotopic (exact) mass is 513 g/mol. The van der Waals surface area contributed by atoms with E-state index in [1.807, 2.05) is 18.2 Å². The van der Waals surface area contributed by atoms with Gasteiger partial charge >= 0.3 is 0 Å². The van der Waals surface area contributed by atoms with Gasteiger partial charge in [0.2, 0.25) is 0 Å². The summed E-state index contributed by atoms with van der Waals surface area (Å²) in [6.07, 6.45) is 0. The smallest absolute Gasteiger partial charge is 0.159 e. The van der Waals surface area contributed by atoms with Gasteiger partial charge in [0.1, 0.15) is 0 Å². The van der Waals surface area contributed by atoms with Gasteiger partial charge in [-0.2, -0.15) is 0 Å². The highest BCUT2D eigenvalue weighted by atomic mass is 16.3. The standard InChI is InChI=1S/C36H24N2O/c1-2-10-24(11-3-1)25-20-22-26(23-21-25)37-31-16-8-14-29-30-15-9-19-34(36(30)39-35(29)31)38-32-17-6-4-12-27(32)28-13-5-7-18-33(28)38/h1-23,37H/i1D,2D,3D,4D,5D,6D,7D,10D,11D,12D,13D,17D,18D. The van der Waals surface area contributed by atoms with E-state index in [4.69, 9.17) is 22.2 Å². The van der Waals surface area contributed by atoms with Crippen molar-refractivity contribution in [2.24, 2.45) is 0 Å². The van der Waals surface area contributed by atoms with Gasteiger partial charge in [0, 0.05) is 27.2 Å². The second kappa shape index (κ2) is 8.64. The third-order valence-electron chi connectivity index (χ3n) is 6.73. The number of rotatable bonds is 4. The van der Waals surface area contributed by atoms with Gasteiger partial charge < -0.3 is 14.3 Å². The third kappa shape index (κ3) is 3.44. The molecule has 0 aliphatic heterocycles. The zero-order valence-electron chi connectivity index (χ0n) is 33.1. The molecule has 0 spiro atoms. The van der Waals surface area contributed by atoms with Crippen LogP contribution < -0.4 is 5.32 Å². The first-order chi connectivity index (χ1) is 24.7. The maximum atomic E-state index is 8.88. The van der Waals surface area contributed by atoms with Gasteiger partial charge in [0.15, 0.2) is 11.2 Å². The van der Waals surface area contributed by atoms with E-state index in [2.05, 4.69) is 5.32 Å². The largest absolute Gasteiger partial charge is 0.452 e. The quantitative estimate of drug-likeness (QED) is 0.254. The molecule has 8 aromatic rings. The fourth-order valence-corrected chi connectivity index (χ4v) is 5.01. The minimum absolute atomic E-state index is 0.0153. The third-order valence-corrected chi connectivity index (χ3v) is 6.73. The number of fused-ring (bicyclic) bond motifs is 6. The van der Waals surface area contributed by atoms with Gasteiger partial charge in [-0.05, 0) is 47.5 Å². The number of benzene rings is 6. The summed E-state index contributed by atoms with van der Waals surface area (Å²) in [5, 5.41) is 4.60. The average Bonchev–Trinajstić information content (AvgIpc) is 3.71. The van der Waals surface area contributed by atoms with Gasteiger partial charge in [0.05, 0.1) is 40.2 Å². The Morgan fingerprint density at radius 1 is 0.538 bits per heavy atom. The van der Waals surface area contributed by atoms with E-state index in [1.165, 1.54) is 4.57 Å². The molecule has 0 saturated carbocycles. The van der Waals surface area contributed by atoms with Crippen LogP contribution in [0.4, 0.5) is 11.4 Å². The number of nitrogens with zero attached hydrogens (tertiary/aromatic N) is 1. The molecule has 0 unspecified atom stereocenters. The summed E-state index contributed by atoms with van der Waals surface area (Å²) in [4.78, 5) is 0. The predicted octanol–water partition coefficient (Wildman–Crippen LogP) is 10.1. The van der Waals surface area contributed by atoms with Crippen LogP contribution in [0.1, 0.15) is 17.8 Å². The Morgan fingerprint density at radius 3 is 1.87 bits per heavy atom. The van der Waals surface area contributed by atoms with Crippen molar-refractivity contribution in [3.63, 3.8) is 0 Å². The summed E-state index contributed by atoms with van der Waals surface area (Å²) in [6.45, 7) is 0. The van der Waals surface area contributed by atoms with Crippen molar-refractivity contribution in [2.75, 3.05) is 5.32 Å². The van der Waals surface area contributed by atoms with E-state index in [9.17, 15) is 0 Å². The number of para-hydroxylation sites is 4. The van der Waals surface area contributed by atoms with Crippen LogP contribution in [0.15, 0.2) is 144 Å². The fraction of sp³-hybridized carbons (Fsp3) is 0. The van der Waals surface area contributed by atoms with Crippen LogP contribution >= 0.6 is 0 Å². The Balaban J connectivity index is 1.33. The van der Waals surface area contributed by atoms with E-state index < -0.39 is 66.5 Å². The zero-order valence-corrected chi connectivity index (χ0v) is 20.1. The molecule has 0 fully saturated rings. The molecule has 0 atom stereocenters. The Morgan fingerprint density at radius 2 is 1.15 bits per heavy atom. The molecule has 39 heavy (non-hydrogen) atoms. The van der Waals surface area contributed by atoms with Gasteiger partial charge in [-0.3, -0.25) is 0 Å². The van der Waals surface area contributed by atoms with Crippen molar-refractivity contribution in [3.05, 3.63) is 139 Å². The first-order valence-corrected chi connectivity index (χ1v) is 12.1. The van der Waals surface area contributed by atoms with Crippen LogP contribution in [0.2, 0.25) is 0 Å². The zero-order chi connectivity index (χ0) is 37.1. The molecule has 0 saturated heterocycles. The van der Waals surface area contributed by atoms with Crippen LogP contribution in [0.25, 0.3) is 60.6 Å². The maximum absolute atomic E-state index is 8.88. The molecule has 0 aliphatic carbocycles. The predicted molar refractivity (Wildman–Crippen MR) is 163 cm³/mol. The van der Waals surface area contributed by atoms with E-state index in [0.29, 0.717) is 44.6 Å². The lowest BCUT2D eigenvalue weighted by Gasteiger charge is -2.09. The molecule has 6 aromatic carbocycles. The molecule has 0 bridgehead atoms. The number of furan rings is 1. The lowest BCUT2D eigenvalue weighted by atomic mass is 10.1. The van der Waals surface area contributed by atoms with Crippen molar-refractivity contribution < 1.29 is 22.2 Å². The highest BCUT2D eigenvalue weighted by Gasteiger charge is 2.18. The lowest BCUT2D eigenvalue weighted by molar-refractivity contribution is 0.667. The highest BCUT2D eigenvalue weighted by Crippen LogP contribution is 2.40. The van der Waals surface area contributed by atoms with E-state index in [-0.39, 0.29) is 39.5 Å². The molecular formula is C36H24N2O. The number of anilines is 2. The van der Waals surface area contributed by atoms with E-state index in [0.717, 1.165) is 0 Å². The summed E-state index contributed by atoms with van der Waals surface area (Å²) in [5.74, 6) is 0. The fourth-order valence-electron chi connectivity index (χ4n) is 5.01. The normalized spacial score (nSPS) is 16.3. The number of hydrogen-bond acceptors (Lipinski definition) is 2. The average molecular weight is 514 g/mol. The van der Waals surface area contributed by atoms with Crippen molar-refractivity contribution in [2.45, 2.75) is 0 Å². The SMILES string of the molecule is [2H]c1c([2H])c([2H])c(-c2ccc(Nc3cccc4c3oc3c(-n5c6c([2H])c([2H])c([2H])c([2H])c6c6c([2H])c([2H])c([2H])c([2H])c65)cccc34)cc2)c([2H])c1[2H]. The van der Waals surface area contributed by atoms with Crippen LogP contribution in [0.3, 0.4) is 0 Å². The maximum Gasteiger partial charge on any atom is 0.159 e. The van der Waals surface area contributed by atoms with Gasteiger partial charge in [-0.1, -0.05) is 103 Å². The highest BCUT2D eigenvalue weighted by molar-refractivity contribution is 6.14. The Hall–Kier alpha value is -5.28. The molecule has 184 valence electrons. The Kier molecular flexibility index (Phi) is 2.77. The summed E-state index contributed by atoms with van der Waals surface area (Å²) >= 11 is 0. The molecule has 0 aliphatic rings. The second-order valence-corrected chi connectivity index (χ2v) is 8.92. The Bertz CT molecular complexity index is 2750. The summed E-state index contributed by atoms with van der Waals surface area (Å²) in [6, 6.07) is 11.7. The molecule has 0 amide bonds. The molecule has 3 heteroatoms. The van der Waals surface area contributed by atoms with Crippen LogP contribution in [-0.2, 0) is 0 Å². The van der Waals surface area contributed by atoms with Crippen molar-refractivity contribution >= 4 is 55.1 Å². The van der Waals surface area contributed by atoms with Gasteiger partial charge in [0.25, 0.3) is 0 Å². The van der Waals surface area contributed by atoms with Crippen molar-refractivity contribution in [3.8, 4) is 16.8 Å². The Labute approximate surface area is 243 Å². The van der Waals surface area contributed by atoms with E-state index >= 15 is 0 Å². The van der Waals surface area contributed by atoms with Crippen molar-refractivity contribution in [1.29, 1.82) is 0 Å². The van der Waals surface area contributed by atoms with Crippen molar-refractivity contribution in [1.82, 2.24) is 4.57 Å². The first-order valence-electron chi connectivity index (χ1n) is 18.6.